The van der Waals surface area contributed by atoms with Gasteiger partial charge in [0.2, 0.25) is 0 Å². The molecule has 1 saturated carbocycles. The molecule has 4 heteroatoms. The van der Waals surface area contributed by atoms with E-state index < -0.39 is 12.5 Å². The molecule has 1 aliphatic carbocycles. The summed E-state index contributed by atoms with van der Waals surface area (Å²) in [5.74, 6) is -2.76. The highest BCUT2D eigenvalue weighted by Gasteiger charge is 2.21. The molecule has 120 valence electrons. The first-order chi connectivity index (χ1) is 10.4. The lowest BCUT2D eigenvalue weighted by atomic mass is 10.1. The first kappa shape index (κ1) is 16.7. The van der Waals surface area contributed by atoms with Gasteiger partial charge in [0.05, 0.1) is 0 Å². The van der Waals surface area contributed by atoms with Gasteiger partial charge in [0, 0.05) is 31.9 Å². The van der Waals surface area contributed by atoms with Crippen LogP contribution in [0, 0.1) is 0 Å². The van der Waals surface area contributed by atoms with E-state index in [-0.39, 0.29) is 0 Å². The van der Waals surface area contributed by atoms with Crippen molar-refractivity contribution in [3.05, 3.63) is 42.0 Å². The van der Waals surface area contributed by atoms with Crippen molar-refractivity contribution in [2.45, 2.75) is 44.6 Å². The SMILES string of the molecule is C=C(c1ccc(/C=N/CC(C)(F)F)cc1)N(C)C1CCCC1. The van der Waals surface area contributed by atoms with Gasteiger partial charge >= 0.3 is 0 Å². The summed E-state index contributed by atoms with van der Waals surface area (Å²) in [6, 6.07) is 8.31. The Bertz CT molecular complexity index is 523. The number of nitrogens with zero attached hydrogens (tertiary/aromatic N) is 2. The average Bonchev–Trinajstić information content (AvgIpc) is 2.99. The fraction of sp³-hybridized carbons (Fsp3) is 0.500. The molecular formula is C18H24F2N2. The van der Waals surface area contributed by atoms with E-state index in [0.717, 1.165) is 23.7 Å². The minimum absolute atomic E-state index is 0.480. The molecule has 2 rings (SSSR count). The molecule has 0 saturated heterocycles. The van der Waals surface area contributed by atoms with Crippen molar-refractivity contribution in [2.75, 3.05) is 13.6 Å². The van der Waals surface area contributed by atoms with Crippen LogP contribution in [-0.2, 0) is 0 Å². The fourth-order valence-electron chi connectivity index (χ4n) is 2.79. The average molecular weight is 306 g/mol. The Balaban J connectivity index is 1.97. The van der Waals surface area contributed by atoms with Gasteiger partial charge in [-0.3, -0.25) is 4.99 Å². The third-order valence-corrected chi connectivity index (χ3v) is 4.15. The number of benzene rings is 1. The Morgan fingerprint density at radius 1 is 1.32 bits per heavy atom. The van der Waals surface area contributed by atoms with Crippen LogP contribution in [0.4, 0.5) is 8.78 Å². The standard InChI is InChI=1S/C18H24F2N2/c1-14(22(3)17-6-4-5-7-17)16-10-8-15(9-11-16)12-21-13-18(2,19)20/h8-12,17H,1,4-7,13H2,2-3H3/b21-12+. The maximum Gasteiger partial charge on any atom is 0.264 e. The molecule has 0 heterocycles. The number of halogens is 2. The zero-order valence-electron chi connectivity index (χ0n) is 13.4. The molecule has 0 N–H and O–H groups in total. The zero-order valence-corrected chi connectivity index (χ0v) is 13.4. The van der Waals surface area contributed by atoms with Gasteiger partial charge in [0.15, 0.2) is 0 Å². The zero-order chi connectivity index (χ0) is 16.2. The molecule has 0 bridgehead atoms. The van der Waals surface area contributed by atoms with Crippen molar-refractivity contribution in [3.63, 3.8) is 0 Å². The molecule has 22 heavy (non-hydrogen) atoms. The predicted molar refractivity (Wildman–Crippen MR) is 88.6 cm³/mol. The van der Waals surface area contributed by atoms with Crippen LogP contribution in [0.2, 0.25) is 0 Å². The smallest absolute Gasteiger partial charge is 0.264 e. The molecule has 0 amide bonds. The number of rotatable bonds is 6. The van der Waals surface area contributed by atoms with Gasteiger partial charge in [-0.2, -0.15) is 0 Å². The van der Waals surface area contributed by atoms with Crippen LogP contribution < -0.4 is 0 Å². The van der Waals surface area contributed by atoms with E-state index in [9.17, 15) is 8.78 Å². The molecule has 0 unspecified atom stereocenters. The predicted octanol–water partition coefficient (Wildman–Crippen LogP) is 4.61. The second-order valence-corrected chi connectivity index (χ2v) is 6.16. The van der Waals surface area contributed by atoms with Gasteiger partial charge in [-0.25, -0.2) is 8.78 Å². The number of alkyl halides is 2. The number of hydrogen-bond donors (Lipinski definition) is 0. The van der Waals surface area contributed by atoms with Crippen molar-refractivity contribution in [3.8, 4) is 0 Å². The summed E-state index contributed by atoms with van der Waals surface area (Å²) in [7, 11) is 2.09. The van der Waals surface area contributed by atoms with Gasteiger partial charge in [-0.15, -0.1) is 0 Å². The highest BCUT2D eigenvalue weighted by Crippen LogP contribution is 2.28. The van der Waals surface area contributed by atoms with Gasteiger partial charge in [-0.1, -0.05) is 43.7 Å². The maximum atomic E-state index is 12.7. The molecule has 1 fully saturated rings. The number of aliphatic imine (C=N–C) groups is 1. The van der Waals surface area contributed by atoms with E-state index in [4.69, 9.17) is 0 Å². The lowest BCUT2D eigenvalue weighted by Gasteiger charge is -2.28. The highest BCUT2D eigenvalue weighted by molar-refractivity contribution is 5.80. The van der Waals surface area contributed by atoms with Crippen molar-refractivity contribution < 1.29 is 8.78 Å². The maximum absolute atomic E-state index is 12.7. The lowest BCUT2D eigenvalue weighted by Crippen LogP contribution is -2.27. The van der Waals surface area contributed by atoms with E-state index in [1.807, 2.05) is 24.3 Å². The Morgan fingerprint density at radius 3 is 2.45 bits per heavy atom. The van der Waals surface area contributed by atoms with Gasteiger partial charge in [-0.05, 0) is 24.0 Å². The third kappa shape index (κ3) is 4.65. The summed E-state index contributed by atoms with van der Waals surface area (Å²) in [4.78, 5) is 6.04. The van der Waals surface area contributed by atoms with Crippen LogP contribution in [0.1, 0.15) is 43.7 Å². The summed E-state index contributed by atoms with van der Waals surface area (Å²) in [5.41, 5.74) is 2.90. The quantitative estimate of drug-likeness (QED) is 0.701. The van der Waals surface area contributed by atoms with Gasteiger partial charge < -0.3 is 4.90 Å². The van der Waals surface area contributed by atoms with E-state index in [1.165, 1.54) is 31.9 Å². The van der Waals surface area contributed by atoms with Crippen molar-refractivity contribution in [1.82, 2.24) is 4.90 Å². The second kappa shape index (κ2) is 7.03. The van der Waals surface area contributed by atoms with E-state index >= 15 is 0 Å². The van der Waals surface area contributed by atoms with Crippen LogP contribution in [0.15, 0.2) is 35.8 Å². The minimum atomic E-state index is -2.76. The fourth-order valence-corrected chi connectivity index (χ4v) is 2.79. The van der Waals surface area contributed by atoms with Gasteiger partial charge in [0.1, 0.15) is 6.54 Å². The Kier molecular flexibility index (Phi) is 5.33. The molecule has 1 aliphatic rings. The molecule has 1 aromatic rings. The first-order valence-corrected chi connectivity index (χ1v) is 7.77. The second-order valence-electron chi connectivity index (χ2n) is 6.16. The van der Waals surface area contributed by atoms with Crippen molar-refractivity contribution in [2.24, 2.45) is 4.99 Å². The summed E-state index contributed by atoms with van der Waals surface area (Å²) < 4.78 is 25.4. The largest absolute Gasteiger partial charge is 0.372 e. The summed E-state index contributed by atoms with van der Waals surface area (Å²) in [6.07, 6.45) is 6.53. The normalized spacial score (nSPS) is 16.4. The molecule has 2 nitrogen and oxygen atoms in total. The number of hydrogen-bond acceptors (Lipinski definition) is 2. The molecule has 0 spiro atoms. The van der Waals surface area contributed by atoms with Crippen molar-refractivity contribution in [1.29, 1.82) is 0 Å². The minimum Gasteiger partial charge on any atom is -0.372 e. The first-order valence-electron chi connectivity index (χ1n) is 7.77. The molecular weight excluding hydrogens is 282 g/mol. The molecule has 0 aliphatic heterocycles. The molecule has 0 atom stereocenters. The van der Waals surface area contributed by atoms with Gasteiger partial charge in [0.25, 0.3) is 5.92 Å². The Labute approximate surface area is 131 Å². The summed E-state index contributed by atoms with van der Waals surface area (Å²) in [5, 5.41) is 0. The Hall–Kier alpha value is -1.71. The third-order valence-electron chi connectivity index (χ3n) is 4.15. The molecule has 0 radical (unpaired) electrons. The van der Waals surface area contributed by atoms with E-state index in [2.05, 4.69) is 23.5 Å². The topological polar surface area (TPSA) is 15.6 Å². The summed E-state index contributed by atoms with van der Waals surface area (Å²) in [6.45, 7) is 4.58. The summed E-state index contributed by atoms with van der Waals surface area (Å²) >= 11 is 0. The van der Waals surface area contributed by atoms with Crippen LogP contribution >= 0.6 is 0 Å². The van der Waals surface area contributed by atoms with Crippen molar-refractivity contribution >= 4 is 11.9 Å². The van der Waals surface area contributed by atoms with Crippen LogP contribution in [-0.4, -0.2) is 36.7 Å². The monoisotopic (exact) mass is 306 g/mol. The Morgan fingerprint density at radius 2 is 1.91 bits per heavy atom. The van der Waals surface area contributed by atoms with E-state index in [1.54, 1.807) is 0 Å². The lowest BCUT2D eigenvalue weighted by molar-refractivity contribution is 0.0328. The molecule has 0 aromatic heterocycles. The highest BCUT2D eigenvalue weighted by atomic mass is 19.3. The van der Waals surface area contributed by atoms with Crippen LogP contribution in [0.5, 0.6) is 0 Å². The molecule has 1 aromatic carbocycles. The van der Waals surface area contributed by atoms with Crippen LogP contribution in [0.25, 0.3) is 5.70 Å². The van der Waals surface area contributed by atoms with E-state index in [0.29, 0.717) is 6.04 Å². The van der Waals surface area contributed by atoms with Crippen LogP contribution in [0.3, 0.4) is 0 Å².